The van der Waals surface area contributed by atoms with Crippen molar-refractivity contribution in [1.82, 2.24) is 0 Å². The van der Waals surface area contributed by atoms with Crippen molar-refractivity contribution in [3.8, 4) is 0 Å². The molecule has 0 nitrogen and oxygen atoms in total. The topological polar surface area (TPSA) is 0 Å². The summed E-state index contributed by atoms with van der Waals surface area (Å²) < 4.78 is 0. The Hall–Kier alpha value is 0. The third-order valence-corrected chi connectivity index (χ3v) is 8.99. The summed E-state index contributed by atoms with van der Waals surface area (Å²) in [5.74, 6) is 1.93. The number of unbranched alkanes of at least 4 members (excludes halogenated alkanes) is 24. The van der Waals surface area contributed by atoms with Gasteiger partial charge in [-0.1, -0.05) is 227 Å². The van der Waals surface area contributed by atoms with Crippen molar-refractivity contribution in [1.29, 1.82) is 0 Å². The molecule has 0 spiro atoms. The van der Waals surface area contributed by atoms with E-state index >= 15 is 0 Å². The van der Waals surface area contributed by atoms with Gasteiger partial charge in [-0.15, -0.1) is 0 Å². The molecule has 0 saturated carbocycles. The fourth-order valence-corrected chi connectivity index (χ4v) is 6.12. The van der Waals surface area contributed by atoms with E-state index in [9.17, 15) is 0 Å². The van der Waals surface area contributed by atoms with Crippen LogP contribution in [-0.2, 0) is 0 Å². The maximum atomic E-state index is 2.51. The molecule has 0 fully saturated rings. The molecule has 0 N–H and O–H groups in total. The van der Waals surface area contributed by atoms with Gasteiger partial charge in [-0.25, -0.2) is 0 Å². The normalized spacial score (nSPS) is 13.3. The van der Waals surface area contributed by atoms with Crippen LogP contribution in [-0.4, -0.2) is 0 Å². The zero-order valence-corrected chi connectivity index (χ0v) is 27.1. The highest BCUT2D eigenvalue weighted by Crippen LogP contribution is 2.21. The van der Waals surface area contributed by atoms with Crippen molar-refractivity contribution in [2.24, 2.45) is 11.8 Å². The van der Waals surface area contributed by atoms with Crippen LogP contribution in [0.25, 0.3) is 0 Å². The van der Waals surface area contributed by atoms with Crippen molar-refractivity contribution in [2.45, 2.75) is 227 Å². The molecule has 224 valence electrons. The van der Waals surface area contributed by atoms with Gasteiger partial charge in [0.25, 0.3) is 0 Å². The lowest BCUT2D eigenvalue weighted by Gasteiger charge is -2.12. The van der Waals surface area contributed by atoms with E-state index < -0.39 is 0 Å². The average molecular weight is 521 g/mol. The highest BCUT2D eigenvalue weighted by atomic mass is 14.1. The molecule has 0 aromatic rings. The Morgan fingerprint density at radius 1 is 0.243 bits per heavy atom. The minimum atomic E-state index is 0.964. The molecule has 0 aliphatic carbocycles. The van der Waals surface area contributed by atoms with Gasteiger partial charge in [-0.3, -0.25) is 0 Å². The first-order valence-corrected chi connectivity index (χ1v) is 18.2. The van der Waals surface area contributed by atoms with E-state index in [0.717, 1.165) is 11.8 Å². The lowest BCUT2D eigenvalue weighted by atomic mass is 9.95. The molecule has 0 radical (unpaired) electrons. The third kappa shape index (κ3) is 32.1. The summed E-state index contributed by atoms with van der Waals surface area (Å²) in [6, 6.07) is 0. The number of hydrogen-bond donors (Lipinski definition) is 0. The molecule has 0 rings (SSSR count). The quantitative estimate of drug-likeness (QED) is 0.0773. The fourth-order valence-electron chi connectivity index (χ4n) is 6.12. The largest absolute Gasteiger partial charge is 0.0654 e. The Morgan fingerprint density at radius 3 is 0.595 bits per heavy atom. The number of hydrogen-bond acceptors (Lipinski definition) is 0. The number of rotatable bonds is 32. The van der Waals surface area contributed by atoms with E-state index in [2.05, 4.69) is 27.7 Å². The molecule has 37 heavy (non-hydrogen) atoms. The van der Waals surface area contributed by atoms with Crippen molar-refractivity contribution >= 4 is 0 Å². The van der Waals surface area contributed by atoms with Gasteiger partial charge in [0.05, 0.1) is 0 Å². The van der Waals surface area contributed by atoms with Crippen molar-refractivity contribution < 1.29 is 0 Å². The van der Waals surface area contributed by atoms with Crippen LogP contribution >= 0.6 is 0 Å². The Labute approximate surface area is 238 Å². The summed E-state index contributed by atoms with van der Waals surface area (Å²) in [7, 11) is 0. The van der Waals surface area contributed by atoms with Crippen LogP contribution in [0.2, 0.25) is 0 Å². The second kappa shape index (κ2) is 32.2. The van der Waals surface area contributed by atoms with E-state index in [-0.39, 0.29) is 0 Å². The molecule has 0 saturated heterocycles. The molecule has 0 amide bonds. The van der Waals surface area contributed by atoms with Gasteiger partial charge in [0, 0.05) is 0 Å². The molecule has 0 heterocycles. The molecule has 0 aliphatic rings. The van der Waals surface area contributed by atoms with Gasteiger partial charge in [0.1, 0.15) is 0 Å². The van der Waals surface area contributed by atoms with Crippen LogP contribution < -0.4 is 0 Å². The molecule has 0 aliphatic heterocycles. The van der Waals surface area contributed by atoms with Crippen LogP contribution in [0.5, 0.6) is 0 Å². The van der Waals surface area contributed by atoms with Gasteiger partial charge in [0.2, 0.25) is 0 Å². The summed E-state index contributed by atoms with van der Waals surface area (Å²) in [6.07, 6.45) is 45.6. The summed E-state index contributed by atoms with van der Waals surface area (Å²) in [5.41, 5.74) is 0. The molecule has 0 aromatic heterocycles. The highest BCUT2D eigenvalue weighted by Gasteiger charge is 2.04. The Morgan fingerprint density at radius 2 is 0.405 bits per heavy atom. The van der Waals surface area contributed by atoms with Crippen LogP contribution in [0.3, 0.4) is 0 Å². The van der Waals surface area contributed by atoms with Gasteiger partial charge < -0.3 is 0 Å². The minimum absolute atomic E-state index is 0.964. The van der Waals surface area contributed by atoms with E-state index in [0.29, 0.717) is 0 Å². The van der Waals surface area contributed by atoms with Crippen LogP contribution in [0.15, 0.2) is 0 Å². The van der Waals surface area contributed by atoms with Crippen LogP contribution in [0, 0.1) is 11.8 Å². The lowest BCUT2D eigenvalue weighted by molar-refractivity contribution is 0.421. The summed E-state index contributed by atoms with van der Waals surface area (Å²) in [4.78, 5) is 0. The van der Waals surface area contributed by atoms with Crippen LogP contribution in [0.1, 0.15) is 227 Å². The Balaban J connectivity index is 3.23. The van der Waals surface area contributed by atoms with Crippen molar-refractivity contribution in [2.75, 3.05) is 0 Å². The first-order chi connectivity index (χ1) is 18.2. The van der Waals surface area contributed by atoms with Crippen molar-refractivity contribution in [3.05, 3.63) is 0 Å². The molecule has 0 bridgehead atoms. The smallest absolute Gasteiger partial charge is 0.0443 e. The lowest BCUT2D eigenvalue weighted by Crippen LogP contribution is -1.96. The van der Waals surface area contributed by atoms with E-state index in [1.807, 2.05) is 0 Å². The second-order valence-electron chi connectivity index (χ2n) is 13.2. The maximum absolute atomic E-state index is 2.51. The molecule has 0 heteroatoms. The fraction of sp³-hybridized carbons (Fsp3) is 1.00. The zero-order valence-electron chi connectivity index (χ0n) is 27.1. The highest BCUT2D eigenvalue weighted by molar-refractivity contribution is 4.58. The molecule has 0 aromatic carbocycles. The first-order valence-electron chi connectivity index (χ1n) is 18.2. The molecule has 0 unspecified atom stereocenters. The maximum Gasteiger partial charge on any atom is -0.0443 e. The monoisotopic (exact) mass is 521 g/mol. The zero-order chi connectivity index (χ0) is 27.1. The van der Waals surface area contributed by atoms with Gasteiger partial charge >= 0.3 is 0 Å². The summed E-state index contributed by atoms with van der Waals surface area (Å²) in [5, 5.41) is 0. The average Bonchev–Trinajstić information content (AvgIpc) is 2.89. The van der Waals surface area contributed by atoms with Gasteiger partial charge in [-0.05, 0) is 11.8 Å². The van der Waals surface area contributed by atoms with E-state index in [1.165, 1.54) is 199 Å². The molecule has 2 atom stereocenters. The summed E-state index contributed by atoms with van der Waals surface area (Å²) >= 11 is 0. The van der Waals surface area contributed by atoms with E-state index in [4.69, 9.17) is 0 Å². The van der Waals surface area contributed by atoms with Gasteiger partial charge in [0.15, 0.2) is 0 Å². The minimum Gasteiger partial charge on any atom is -0.0654 e. The Bertz CT molecular complexity index is 385. The molecular weight excluding hydrogens is 444 g/mol. The summed E-state index contributed by atoms with van der Waals surface area (Å²) in [6.45, 7) is 9.63. The van der Waals surface area contributed by atoms with Gasteiger partial charge in [-0.2, -0.15) is 0 Å². The molecular formula is C37H76. The standard InChI is InChI=1S/C37H76/c1-5-7-9-11-13-15-16-18-21-25-29-33-37(4)35-31-27-23-19-22-26-30-34-36(3)32-28-24-20-17-14-12-10-8-6-2/h36-37H,5-35H2,1-4H3/t36-,37-/m1/s1. The predicted octanol–water partition coefficient (Wildman–Crippen LogP) is 14.4. The van der Waals surface area contributed by atoms with E-state index in [1.54, 1.807) is 0 Å². The Kier molecular flexibility index (Phi) is 32.2. The van der Waals surface area contributed by atoms with Crippen LogP contribution in [0.4, 0.5) is 0 Å². The predicted molar refractivity (Wildman–Crippen MR) is 173 cm³/mol. The van der Waals surface area contributed by atoms with Crippen molar-refractivity contribution in [3.63, 3.8) is 0 Å². The third-order valence-electron chi connectivity index (χ3n) is 8.99. The second-order valence-corrected chi connectivity index (χ2v) is 13.2. The SMILES string of the molecule is CCCCCCCCCCCCC[C@@H](C)CCCCCCCCC[C@H](C)CCCCCCCCCCC. The first kappa shape index (κ1) is 37.0.